The van der Waals surface area contributed by atoms with Crippen molar-refractivity contribution in [3.63, 3.8) is 0 Å². The molecule has 1 atom stereocenters. The fourth-order valence-corrected chi connectivity index (χ4v) is 3.35. The Labute approximate surface area is 182 Å². The SMILES string of the molecule is O=C(C[C@@H]1NC(=O)c2ccccc2NC1=O)NCCc1nc(-c2ccccc2Cl)no1. The van der Waals surface area contributed by atoms with Crippen molar-refractivity contribution in [2.45, 2.75) is 18.9 Å². The number of hydrogen-bond donors (Lipinski definition) is 3. The lowest BCUT2D eigenvalue weighted by molar-refractivity contribution is -0.125. The number of halogens is 1. The van der Waals surface area contributed by atoms with Crippen molar-refractivity contribution < 1.29 is 18.9 Å². The first-order valence-corrected chi connectivity index (χ1v) is 9.94. The number of fused-ring (bicyclic) bond motifs is 1. The van der Waals surface area contributed by atoms with Crippen LogP contribution in [0.5, 0.6) is 0 Å². The Morgan fingerprint density at radius 1 is 1.10 bits per heavy atom. The molecule has 2 aromatic carbocycles. The Bertz CT molecular complexity index is 1150. The van der Waals surface area contributed by atoms with Gasteiger partial charge in [0.05, 0.1) is 22.7 Å². The van der Waals surface area contributed by atoms with Crippen LogP contribution in [0.4, 0.5) is 5.69 Å². The van der Waals surface area contributed by atoms with Gasteiger partial charge in [0.1, 0.15) is 6.04 Å². The number of amides is 3. The molecule has 3 amide bonds. The summed E-state index contributed by atoms with van der Waals surface area (Å²) in [4.78, 5) is 41.2. The molecular formula is C21H18ClN5O4. The summed E-state index contributed by atoms with van der Waals surface area (Å²) in [5, 5.41) is 12.4. The highest BCUT2D eigenvalue weighted by Crippen LogP contribution is 2.24. The summed E-state index contributed by atoms with van der Waals surface area (Å²) in [6, 6.07) is 12.8. The van der Waals surface area contributed by atoms with E-state index in [9.17, 15) is 14.4 Å². The molecule has 2 heterocycles. The highest BCUT2D eigenvalue weighted by atomic mass is 35.5. The van der Waals surface area contributed by atoms with Crippen molar-refractivity contribution in [2.75, 3.05) is 11.9 Å². The molecule has 158 valence electrons. The van der Waals surface area contributed by atoms with E-state index in [4.69, 9.17) is 16.1 Å². The number of aromatic nitrogens is 2. The zero-order chi connectivity index (χ0) is 21.8. The molecule has 3 aromatic rings. The second-order valence-electron chi connectivity index (χ2n) is 6.86. The fraction of sp³-hybridized carbons (Fsp3) is 0.190. The molecule has 9 nitrogen and oxygen atoms in total. The molecule has 0 unspecified atom stereocenters. The van der Waals surface area contributed by atoms with Crippen LogP contribution in [-0.2, 0) is 16.0 Å². The van der Waals surface area contributed by atoms with Gasteiger partial charge in [-0.25, -0.2) is 0 Å². The van der Waals surface area contributed by atoms with Gasteiger partial charge < -0.3 is 20.5 Å². The maximum absolute atomic E-state index is 12.4. The summed E-state index contributed by atoms with van der Waals surface area (Å²) in [7, 11) is 0. The van der Waals surface area contributed by atoms with Gasteiger partial charge in [-0.2, -0.15) is 4.98 Å². The lowest BCUT2D eigenvalue weighted by Crippen LogP contribution is -2.44. The van der Waals surface area contributed by atoms with Crippen molar-refractivity contribution in [1.82, 2.24) is 20.8 Å². The number of benzene rings is 2. The first kappa shape index (κ1) is 20.5. The highest BCUT2D eigenvalue weighted by Gasteiger charge is 2.29. The maximum Gasteiger partial charge on any atom is 0.254 e. The number of para-hydroxylation sites is 1. The second-order valence-corrected chi connectivity index (χ2v) is 7.26. The van der Waals surface area contributed by atoms with E-state index in [0.717, 1.165) is 0 Å². The van der Waals surface area contributed by atoms with Crippen LogP contribution in [0.25, 0.3) is 11.4 Å². The third-order valence-electron chi connectivity index (χ3n) is 4.68. The summed E-state index contributed by atoms with van der Waals surface area (Å²) in [6.07, 6.45) is 0.109. The monoisotopic (exact) mass is 439 g/mol. The Balaban J connectivity index is 1.30. The van der Waals surface area contributed by atoms with Crippen LogP contribution in [0, 0.1) is 0 Å². The number of carbonyl (C=O) groups excluding carboxylic acids is 3. The first-order valence-electron chi connectivity index (χ1n) is 9.56. The van der Waals surface area contributed by atoms with Gasteiger partial charge in [-0.1, -0.05) is 41.0 Å². The number of nitrogens with one attached hydrogen (secondary N) is 3. The van der Waals surface area contributed by atoms with Gasteiger partial charge in [-0.15, -0.1) is 0 Å². The summed E-state index contributed by atoms with van der Waals surface area (Å²) >= 11 is 6.13. The van der Waals surface area contributed by atoms with Crippen LogP contribution in [0.15, 0.2) is 53.1 Å². The standard InChI is InChI=1S/C21H18ClN5O4/c22-14-7-3-1-5-12(14)19-26-18(31-27-19)9-10-23-17(28)11-16-21(30)24-15-8-4-2-6-13(15)20(29)25-16/h1-8,16H,9-11H2,(H,23,28)(H,24,30)(H,25,29)/t16-/m0/s1. The minimum absolute atomic E-state index is 0.194. The number of anilines is 1. The Morgan fingerprint density at radius 2 is 1.84 bits per heavy atom. The minimum Gasteiger partial charge on any atom is -0.356 e. The van der Waals surface area contributed by atoms with Crippen molar-refractivity contribution >= 4 is 35.0 Å². The second kappa shape index (κ2) is 8.97. The summed E-state index contributed by atoms with van der Waals surface area (Å²) in [6.45, 7) is 0.228. The lowest BCUT2D eigenvalue weighted by atomic mass is 10.1. The molecule has 3 N–H and O–H groups in total. The average Bonchev–Trinajstić information content (AvgIpc) is 3.18. The van der Waals surface area contributed by atoms with Crippen molar-refractivity contribution in [2.24, 2.45) is 0 Å². The molecule has 0 radical (unpaired) electrons. The zero-order valence-electron chi connectivity index (χ0n) is 16.2. The van der Waals surface area contributed by atoms with Crippen LogP contribution in [0.1, 0.15) is 22.7 Å². The quantitative estimate of drug-likeness (QED) is 0.540. The van der Waals surface area contributed by atoms with Gasteiger partial charge in [-0.05, 0) is 24.3 Å². The van der Waals surface area contributed by atoms with Crippen LogP contribution in [0.3, 0.4) is 0 Å². The molecule has 0 bridgehead atoms. The van der Waals surface area contributed by atoms with Crippen molar-refractivity contribution in [3.8, 4) is 11.4 Å². The van der Waals surface area contributed by atoms with E-state index < -0.39 is 23.8 Å². The van der Waals surface area contributed by atoms with Gasteiger partial charge >= 0.3 is 0 Å². The van der Waals surface area contributed by atoms with Gasteiger partial charge in [0.2, 0.25) is 23.5 Å². The molecular weight excluding hydrogens is 422 g/mol. The summed E-state index contributed by atoms with van der Waals surface area (Å²) in [5.74, 6) is -0.549. The van der Waals surface area contributed by atoms with E-state index in [2.05, 4.69) is 26.1 Å². The minimum atomic E-state index is -0.977. The lowest BCUT2D eigenvalue weighted by Gasteiger charge is -2.14. The fourth-order valence-electron chi connectivity index (χ4n) is 3.13. The molecule has 10 heteroatoms. The number of nitrogens with zero attached hydrogens (tertiary/aromatic N) is 2. The summed E-state index contributed by atoms with van der Waals surface area (Å²) < 4.78 is 5.20. The van der Waals surface area contributed by atoms with Gasteiger partial charge in [0, 0.05) is 18.5 Å². The normalized spacial score (nSPS) is 15.5. The predicted molar refractivity (Wildman–Crippen MR) is 112 cm³/mol. The third kappa shape index (κ3) is 4.72. The Kier molecular flexibility index (Phi) is 5.94. The molecule has 0 saturated heterocycles. The van der Waals surface area contributed by atoms with Crippen LogP contribution < -0.4 is 16.0 Å². The van der Waals surface area contributed by atoms with Crippen molar-refractivity contribution in [1.29, 1.82) is 0 Å². The topological polar surface area (TPSA) is 126 Å². The van der Waals surface area contributed by atoms with Gasteiger partial charge in [0.15, 0.2) is 0 Å². The van der Waals surface area contributed by atoms with Crippen LogP contribution in [-0.4, -0.2) is 40.4 Å². The predicted octanol–water partition coefficient (Wildman–Crippen LogP) is 2.19. The number of hydrogen-bond acceptors (Lipinski definition) is 6. The molecule has 0 spiro atoms. The maximum atomic E-state index is 12.4. The van der Waals surface area contributed by atoms with E-state index in [1.165, 1.54) is 0 Å². The largest absolute Gasteiger partial charge is 0.356 e. The molecule has 0 fully saturated rings. The molecule has 0 aliphatic carbocycles. The van der Waals surface area contributed by atoms with Crippen LogP contribution in [0.2, 0.25) is 5.02 Å². The zero-order valence-corrected chi connectivity index (χ0v) is 17.0. The average molecular weight is 440 g/mol. The van der Waals surface area contributed by atoms with Crippen molar-refractivity contribution in [3.05, 3.63) is 65.0 Å². The van der Waals surface area contributed by atoms with Crippen LogP contribution >= 0.6 is 11.6 Å². The number of rotatable bonds is 6. The first-order chi connectivity index (χ1) is 15.0. The number of carbonyl (C=O) groups is 3. The van der Waals surface area contributed by atoms with E-state index in [-0.39, 0.29) is 13.0 Å². The summed E-state index contributed by atoms with van der Waals surface area (Å²) in [5.41, 5.74) is 1.42. The van der Waals surface area contributed by atoms with E-state index in [0.29, 0.717) is 40.0 Å². The Morgan fingerprint density at radius 3 is 2.65 bits per heavy atom. The van der Waals surface area contributed by atoms with E-state index in [1.54, 1.807) is 42.5 Å². The molecule has 1 aliphatic rings. The molecule has 31 heavy (non-hydrogen) atoms. The smallest absolute Gasteiger partial charge is 0.254 e. The molecule has 1 aliphatic heterocycles. The van der Waals surface area contributed by atoms with Gasteiger partial charge in [0.25, 0.3) is 5.91 Å². The van der Waals surface area contributed by atoms with E-state index in [1.807, 2.05) is 6.07 Å². The molecule has 4 rings (SSSR count). The van der Waals surface area contributed by atoms with Gasteiger partial charge in [-0.3, -0.25) is 14.4 Å². The molecule has 0 saturated carbocycles. The van der Waals surface area contributed by atoms with E-state index >= 15 is 0 Å². The third-order valence-corrected chi connectivity index (χ3v) is 5.01. The Hall–Kier alpha value is -3.72. The highest BCUT2D eigenvalue weighted by molar-refractivity contribution is 6.33. The molecule has 1 aromatic heterocycles.